The number of amides is 1. The van der Waals surface area contributed by atoms with Gasteiger partial charge in [0, 0.05) is 37.8 Å². The molecule has 8 nitrogen and oxygen atoms in total. The molecule has 0 bridgehead atoms. The molecule has 0 saturated carbocycles. The fourth-order valence-electron chi connectivity index (χ4n) is 4.89. The Balaban J connectivity index is 1.43. The molecule has 2 aliphatic rings. The van der Waals surface area contributed by atoms with E-state index in [0.717, 1.165) is 38.8 Å². The van der Waals surface area contributed by atoms with E-state index in [1.165, 1.54) is 4.88 Å². The van der Waals surface area contributed by atoms with Crippen molar-refractivity contribution >= 4 is 40.2 Å². The zero-order valence-electron chi connectivity index (χ0n) is 20.5. The number of hydrogen-bond acceptors (Lipinski definition) is 7. The number of phenols is 1. The van der Waals surface area contributed by atoms with E-state index in [2.05, 4.69) is 29.4 Å². The maximum Gasteiger partial charge on any atom is 0.227 e. The van der Waals surface area contributed by atoms with Crippen molar-refractivity contribution in [2.75, 3.05) is 5.32 Å². The van der Waals surface area contributed by atoms with Gasteiger partial charge in [0.2, 0.25) is 5.91 Å². The topological polar surface area (TPSA) is 102 Å². The van der Waals surface area contributed by atoms with Gasteiger partial charge in [-0.2, -0.15) is 0 Å². The van der Waals surface area contributed by atoms with Crippen LogP contribution in [-0.4, -0.2) is 31.5 Å². The average Bonchev–Trinajstić information content (AvgIpc) is 3.56. The molecule has 4 heterocycles. The van der Waals surface area contributed by atoms with Crippen molar-refractivity contribution in [1.82, 2.24) is 14.8 Å². The SMILES string of the molecule is Cc1sc2c(c1C)C(c1ccc(Cl)cc1)=N[C@@H](CC(=O)Nc1ccc(O)c3c1COC3)c1nnc(C)n1-2. The summed E-state index contributed by atoms with van der Waals surface area (Å²) in [7, 11) is 0. The molecule has 0 radical (unpaired) electrons. The van der Waals surface area contributed by atoms with Gasteiger partial charge >= 0.3 is 0 Å². The van der Waals surface area contributed by atoms with Crippen LogP contribution in [0.4, 0.5) is 5.69 Å². The number of thiophene rings is 1. The van der Waals surface area contributed by atoms with Gasteiger partial charge in [0.1, 0.15) is 22.6 Å². The zero-order valence-corrected chi connectivity index (χ0v) is 22.1. The molecule has 0 fully saturated rings. The summed E-state index contributed by atoms with van der Waals surface area (Å²) in [6, 6.07) is 10.3. The quantitative estimate of drug-likeness (QED) is 0.334. The number of aliphatic imine (C=N–C) groups is 1. The summed E-state index contributed by atoms with van der Waals surface area (Å²) in [4.78, 5) is 19.7. The van der Waals surface area contributed by atoms with Crippen LogP contribution in [0.3, 0.4) is 0 Å². The highest BCUT2D eigenvalue weighted by Gasteiger charge is 2.32. The van der Waals surface area contributed by atoms with Crippen LogP contribution in [0.5, 0.6) is 5.75 Å². The fourth-order valence-corrected chi connectivity index (χ4v) is 6.23. The smallest absolute Gasteiger partial charge is 0.227 e. The minimum atomic E-state index is -0.562. The number of aromatic hydroxyl groups is 1. The molecule has 1 atom stereocenters. The van der Waals surface area contributed by atoms with Crippen LogP contribution in [0, 0.1) is 20.8 Å². The van der Waals surface area contributed by atoms with Crippen molar-refractivity contribution in [1.29, 1.82) is 0 Å². The van der Waals surface area contributed by atoms with Crippen LogP contribution in [0.25, 0.3) is 5.00 Å². The Bertz CT molecular complexity index is 1590. The number of ether oxygens (including phenoxy) is 1. The van der Waals surface area contributed by atoms with Gasteiger partial charge in [-0.15, -0.1) is 21.5 Å². The summed E-state index contributed by atoms with van der Waals surface area (Å²) < 4.78 is 7.51. The summed E-state index contributed by atoms with van der Waals surface area (Å²) in [6.07, 6.45) is 0.0682. The minimum absolute atomic E-state index is 0.0682. The molecular weight excluding hydrogens is 510 g/mol. The third kappa shape index (κ3) is 4.03. The number of anilines is 1. The third-order valence-electron chi connectivity index (χ3n) is 6.91. The number of aromatic nitrogens is 3. The highest BCUT2D eigenvalue weighted by Crippen LogP contribution is 2.40. The van der Waals surface area contributed by atoms with Crippen LogP contribution < -0.4 is 5.32 Å². The van der Waals surface area contributed by atoms with Gasteiger partial charge in [-0.3, -0.25) is 14.4 Å². The van der Waals surface area contributed by atoms with Crippen molar-refractivity contribution in [2.24, 2.45) is 4.99 Å². The maximum absolute atomic E-state index is 13.4. The molecule has 37 heavy (non-hydrogen) atoms. The molecule has 10 heteroatoms. The number of carbonyl (C=O) groups is 1. The van der Waals surface area contributed by atoms with Crippen LogP contribution in [-0.2, 0) is 22.7 Å². The summed E-state index contributed by atoms with van der Waals surface area (Å²) in [5.74, 6) is 1.32. The molecule has 0 unspecified atom stereocenters. The number of nitrogens with one attached hydrogen (secondary N) is 1. The number of benzene rings is 2. The van der Waals surface area contributed by atoms with E-state index in [-0.39, 0.29) is 18.1 Å². The first-order valence-electron chi connectivity index (χ1n) is 11.9. The number of halogens is 1. The van der Waals surface area contributed by atoms with Gasteiger partial charge in [-0.05, 0) is 50.6 Å². The molecule has 0 aliphatic carbocycles. The Morgan fingerprint density at radius 1 is 1.14 bits per heavy atom. The highest BCUT2D eigenvalue weighted by atomic mass is 35.5. The number of aryl methyl sites for hydroxylation is 2. The van der Waals surface area contributed by atoms with Gasteiger partial charge in [-0.1, -0.05) is 23.7 Å². The number of rotatable bonds is 4. The van der Waals surface area contributed by atoms with E-state index in [9.17, 15) is 9.90 Å². The monoisotopic (exact) mass is 533 g/mol. The van der Waals surface area contributed by atoms with Gasteiger partial charge in [0.25, 0.3) is 0 Å². The number of fused-ring (bicyclic) bond motifs is 4. The zero-order chi connectivity index (χ0) is 25.8. The Morgan fingerprint density at radius 3 is 2.68 bits per heavy atom. The summed E-state index contributed by atoms with van der Waals surface area (Å²) in [6.45, 7) is 6.77. The molecular formula is C27H24ClN5O3S. The molecule has 2 aromatic carbocycles. The first kappa shape index (κ1) is 23.8. The molecule has 0 saturated heterocycles. The first-order valence-corrected chi connectivity index (χ1v) is 13.1. The lowest BCUT2D eigenvalue weighted by Gasteiger charge is -2.14. The van der Waals surface area contributed by atoms with Gasteiger partial charge < -0.3 is 15.2 Å². The van der Waals surface area contributed by atoms with Crippen molar-refractivity contribution in [3.8, 4) is 10.8 Å². The number of phenolic OH excluding ortho intramolecular Hbond substituents is 1. The van der Waals surface area contributed by atoms with Crippen LogP contribution in [0.2, 0.25) is 5.02 Å². The van der Waals surface area contributed by atoms with Gasteiger partial charge in [0.05, 0.1) is 25.3 Å². The van der Waals surface area contributed by atoms with E-state index in [1.807, 2.05) is 35.8 Å². The molecule has 0 spiro atoms. The summed E-state index contributed by atoms with van der Waals surface area (Å²) >= 11 is 7.85. The second-order valence-electron chi connectivity index (χ2n) is 9.24. The molecule has 4 aromatic rings. The van der Waals surface area contributed by atoms with Crippen molar-refractivity contribution < 1.29 is 14.6 Å². The Labute approximate surface area is 222 Å². The minimum Gasteiger partial charge on any atom is -0.508 e. The Morgan fingerprint density at radius 2 is 1.89 bits per heavy atom. The lowest BCUT2D eigenvalue weighted by atomic mass is 9.99. The van der Waals surface area contributed by atoms with E-state index < -0.39 is 6.04 Å². The summed E-state index contributed by atoms with van der Waals surface area (Å²) in [5.41, 5.74) is 6.02. The van der Waals surface area contributed by atoms with Gasteiger partial charge in [-0.25, -0.2) is 0 Å². The highest BCUT2D eigenvalue weighted by molar-refractivity contribution is 7.15. The van der Waals surface area contributed by atoms with E-state index in [4.69, 9.17) is 21.3 Å². The molecule has 1 amide bonds. The third-order valence-corrected chi connectivity index (χ3v) is 8.35. The number of nitrogens with zero attached hydrogens (tertiary/aromatic N) is 4. The van der Waals surface area contributed by atoms with Crippen molar-refractivity contribution in [3.05, 3.63) is 85.8 Å². The van der Waals surface area contributed by atoms with Crippen molar-refractivity contribution in [3.63, 3.8) is 0 Å². The molecule has 6 rings (SSSR count). The molecule has 188 valence electrons. The standard InChI is InChI=1S/C27H24ClN5O3S/c1-13-14(2)37-27-24(13)25(16-4-6-17(28)7-5-16)30-21(26-32-31-15(3)33(26)27)10-23(35)29-20-8-9-22(34)19-12-36-11-18(19)20/h4-9,21,34H,10-12H2,1-3H3,(H,29,35)/t21-/m0/s1. The van der Waals surface area contributed by atoms with Crippen LogP contribution in [0.1, 0.15) is 56.8 Å². The predicted molar refractivity (Wildman–Crippen MR) is 143 cm³/mol. The lowest BCUT2D eigenvalue weighted by Crippen LogP contribution is -2.18. The van der Waals surface area contributed by atoms with Crippen molar-refractivity contribution in [2.45, 2.75) is 46.4 Å². The second kappa shape index (κ2) is 9.09. The maximum atomic E-state index is 13.4. The predicted octanol–water partition coefficient (Wildman–Crippen LogP) is 5.56. The Hall–Kier alpha value is -3.53. The average molecular weight is 534 g/mol. The van der Waals surface area contributed by atoms with Crippen LogP contribution >= 0.6 is 22.9 Å². The van der Waals surface area contributed by atoms with E-state index >= 15 is 0 Å². The lowest BCUT2D eigenvalue weighted by molar-refractivity contribution is -0.116. The normalized spacial score (nSPS) is 16.0. The number of hydrogen-bond donors (Lipinski definition) is 2. The van der Waals surface area contributed by atoms with E-state index in [1.54, 1.807) is 23.5 Å². The van der Waals surface area contributed by atoms with Crippen LogP contribution in [0.15, 0.2) is 41.4 Å². The molecule has 2 aliphatic heterocycles. The largest absolute Gasteiger partial charge is 0.508 e. The second-order valence-corrected chi connectivity index (χ2v) is 10.9. The first-order chi connectivity index (χ1) is 17.8. The number of carbonyl (C=O) groups excluding carboxylic acids is 1. The van der Waals surface area contributed by atoms with E-state index in [0.29, 0.717) is 35.3 Å². The Kier molecular flexibility index (Phi) is 5.86. The summed E-state index contributed by atoms with van der Waals surface area (Å²) in [5, 5.41) is 23.6. The molecule has 2 aromatic heterocycles. The fraction of sp³-hybridized carbons (Fsp3) is 0.259. The van der Waals surface area contributed by atoms with Gasteiger partial charge in [0.15, 0.2) is 5.82 Å². The molecule has 2 N–H and O–H groups in total.